The second-order valence-corrected chi connectivity index (χ2v) is 3.31. The Labute approximate surface area is 95.4 Å². The van der Waals surface area contributed by atoms with Crippen molar-refractivity contribution in [1.82, 2.24) is 9.97 Å². The number of methoxy groups -OCH3 is 1. The Morgan fingerprint density at radius 2 is 2.38 bits per heavy atom. The van der Waals surface area contributed by atoms with E-state index in [1.165, 1.54) is 7.11 Å². The topological polar surface area (TPSA) is 73.1 Å². The second kappa shape index (κ2) is 5.81. The number of terminal acetylenes is 1. The number of nitrogens with one attached hydrogen (secondary N) is 1. The molecule has 5 heteroatoms. The summed E-state index contributed by atoms with van der Waals surface area (Å²) in [6.07, 6.45) is 6.83. The van der Waals surface area contributed by atoms with Crippen molar-refractivity contribution in [1.29, 1.82) is 0 Å². The number of nitrogens with zero attached hydrogens (tertiary/aromatic N) is 2. The van der Waals surface area contributed by atoms with Crippen LogP contribution in [0.3, 0.4) is 0 Å². The first-order chi connectivity index (χ1) is 7.69. The van der Waals surface area contributed by atoms with Crippen molar-refractivity contribution in [3.05, 3.63) is 6.07 Å². The van der Waals surface area contributed by atoms with E-state index in [1.807, 2.05) is 0 Å². The van der Waals surface area contributed by atoms with Gasteiger partial charge in [0.15, 0.2) is 0 Å². The van der Waals surface area contributed by atoms with Gasteiger partial charge in [-0.25, -0.2) is 0 Å². The fourth-order valence-electron chi connectivity index (χ4n) is 1.27. The molecule has 0 saturated heterocycles. The van der Waals surface area contributed by atoms with E-state index < -0.39 is 0 Å². The summed E-state index contributed by atoms with van der Waals surface area (Å²) in [4.78, 5) is 7.95. The summed E-state index contributed by atoms with van der Waals surface area (Å²) >= 11 is 0. The van der Waals surface area contributed by atoms with E-state index in [1.54, 1.807) is 6.07 Å². The van der Waals surface area contributed by atoms with Gasteiger partial charge in [-0.05, 0) is 6.42 Å². The van der Waals surface area contributed by atoms with Crippen molar-refractivity contribution in [2.75, 3.05) is 18.2 Å². The number of ether oxygens (including phenoxy) is 1. The van der Waals surface area contributed by atoms with Gasteiger partial charge in [0.05, 0.1) is 7.11 Å². The molecule has 0 amide bonds. The Balaban J connectivity index is 2.79. The molecule has 0 radical (unpaired) electrons. The smallest absolute Gasteiger partial charge is 0.225 e. The lowest BCUT2D eigenvalue weighted by Gasteiger charge is -2.15. The van der Waals surface area contributed by atoms with Crippen LogP contribution in [0.15, 0.2) is 6.07 Å². The van der Waals surface area contributed by atoms with Gasteiger partial charge in [-0.1, -0.05) is 6.92 Å². The molecule has 1 atom stereocenters. The SMILES string of the molecule is C#CCC(CC)Nc1cc(OC)nc(N)n1. The highest BCUT2D eigenvalue weighted by Gasteiger charge is 2.07. The van der Waals surface area contributed by atoms with E-state index in [0.29, 0.717) is 18.1 Å². The van der Waals surface area contributed by atoms with E-state index in [2.05, 4.69) is 28.1 Å². The number of hydrogen-bond acceptors (Lipinski definition) is 5. The number of nitrogens with two attached hydrogens (primary N) is 1. The molecule has 0 aliphatic rings. The summed E-state index contributed by atoms with van der Waals surface area (Å²) in [5, 5.41) is 3.19. The van der Waals surface area contributed by atoms with Crippen LogP contribution in [0.1, 0.15) is 19.8 Å². The van der Waals surface area contributed by atoms with E-state index in [0.717, 1.165) is 6.42 Å². The molecule has 0 aliphatic carbocycles. The van der Waals surface area contributed by atoms with Crippen LogP contribution in [0.25, 0.3) is 0 Å². The average Bonchev–Trinajstić information content (AvgIpc) is 2.27. The van der Waals surface area contributed by atoms with Crippen molar-refractivity contribution in [2.45, 2.75) is 25.8 Å². The molecule has 3 N–H and O–H groups in total. The van der Waals surface area contributed by atoms with Gasteiger partial charge in [0, 0.05) is 18.5 Å². The molecule has 0 bridgehead atoms. The number of aromatic nitrogens is 2. The monoisotopic (exact) mass is 220 g/mol. The Kier molecular flexibility index (Phi) is 4.40. The first-order valence-corrected chi connectivity index (χ1v) is 5.08. The van der Waals surface area contributed by atoms with Gasteiger partial charge >= 0.3 is 0 Å². The quantitative estimate of drug-likeness (QED) is 0.731. The van der Waals surface area contributed by atoms with E-state index in [4.69, 9.17) is 16.9 Å². The number of hydrogen-bond donors (Lipinski definition) is 2. The zero-order chi connectivity index (χ0) is 12.0. The van der Waals surface area contributed by atoms with Crippen molar-refractivity contribution in [2.24, 2.45) is 0 Å². The predicted octanol–water partition coefficient (Wildman–Crippen LogP) is 1.28. The molecule has 5 nitrogen and oxygen atoms in total. The minimum Gasteiger partial charge on any atom is -0.481 e. The second-order valence-electron chi connectivity index (χ2n) is 3.31. The molecule has 0 saturated carbocycles. The van der Waals surface area contributed by atoms with Gasteiger partial charge < -0.3 is 15.8 Å². The van der Waals surface area contributed by atoms with E-state index in [9.17, 15) is 0 Å². The fraction of sp³-hybridized carbons (Fsp3) is 0.455. The van der Waals surface area contributed by atoms with Crippen LogP contribution in [0.4, 0.5) is 11.8 Å². The summed E-state index contributed by atoms with van der Waals surface area (Å²) < 4.78 is 5.00. The molecule has 16 heavy (non-hydrogen) atoms. The van der Waals surface area contributed by atoms with Crippen LogP contribution in [0, 0.1) is 12.3 Å². The van der Waals surface area contributed by atoms with Crippen molar-refractivity contribution in [3.63, 3.8) is 0 Å². The number of nitrogen functional groups attached to an aromatic ring is 1. The Morgan fingerprint density at radius 3 is 2.94 bits per heavy atom. The first kappa shape index (κ1) is 12.1. The van der Waals surface area contributed by atoms with Gasteiger partial charge in [-0.3, -0.25) is 0 Å². The lowest BCUT2D eigenvalue weighted by Crippen LogP contribution is -2.19. The number of rotatable bonds is 5. The summed E-state index contributed by atoms with van der Waals surface area (Å²) in [6, 6.07) is 1.87. The van der Waals surface area contributed by atoms with Gasteiger partial charge in [0.1, 0.15) is 5.82 Å². The molecule has 0 aliphatic heterocycles. The molecule has 0 fully saturated rings. The molecule has 1 aromatic heterocycles. The first-order valence-electron chi connectivity index (χ1n) is 5.08. The minimum atomic E-state index is 0.178. The van der Waals surface area contributed by atoms with Crippen molar-refractivity contribution in [3.8, 4) is 18.2 Å². The standard InChI is InChI=1S/C11H16N4O/c1-4-6-8(5-2)13-9-7-10(16-3)15-11(12)14-9/h1,7-8H,5-6H2,2-3H3,(H3,12,13,14,15). The summed E-state index contributed by atoms with van der Waals surface area (Å²) in [5.41, 5.74) is 5.54. The molecule has 86 valence electrons. The van der Waals surface area contributed by atoms with Crippen LogP contribution >= 0.6 is 0 Å². The van der Waals surface area contributed by atoms with Gasteiger partial charge in [-0.2, -0.15) is 9.97 Å². The van der Waals surface area contributed by atoms with Crippen LogP contribution in [0.5, 0.6) is 5.88 Å². The molecule has 1 rings (SSSR count). The summed E-state index contributed by atoms with van der Waals surface area (Å²) in [5.74, 6) is 3.86. The van der Waals surface area contributed by atoms with Crippen LogP contribution in [0.2, 0.25) is 0 Å². The van der Waals surface area contributed by atoms with Gasteiger partial charge in [0.2, 0.25) is 11.8 Å². The molecular formula is C11H16N4O. The molecular weight excluding hydrogens is 204 g/mol. The predicted molar refractivity (Wildman–Crippen MR) is 64.1 cm³/mol. The van der Waals surface area contributed by atoms with E-state index in [-0.39, 0.29) is 12.0 Å². The van der Waals surface area contributed by atoms with Crippen molar-refractivity contribution >= 4 is 11.8 Å². The third-order valence-corrected chi connectivity index (χ3v) is 2.14. The molecule has 1 unspecified atom stereocenters. The normalized spacial score (nSPS) is 11.6. The van der Waals surface area contributed by atoms with Gasteiger partial charge in [0.25, 0.3) is 0 Å². The maximum absolute atomic E-state index is 5.54. The molecule has 0 aromatic carbocycles. The minimum absolute atomic E-state index is 0.178. The molecule has 0 spiro atoms. The zero-order valence-corrected chi connectivity index (χ0v) is 9.53. The molecule has 1 aromatic rings. The summed E-state index contributed by atoms with van der Waals surface area (Å²) in [7, 11) is 1.53. The van der Waals surface area contributed by atoms with Crippen LogP contribution in [-0.4, -0.2) is 23.1 Å². The fourth-order valence-corrected chi connectivity index (χ4v) is 1.27. The van der Waals surface area contributed by atoms with Crippen LogP contribution in [-0.2, 0) is 0 Å². The van der Waals surface area contributed by atoms with Gasteiger partial charge in [-0.15, -0.1) is 12.3 Å². The van der Waals surface area contributed by atoms with Crippen LogP contribution < -0.4 is 15.8 Å². The maximum atomic E-state index is 5.54. The third-order valence-electron chi connectivity index (χ3n) is 2.14. The third kappa shape index (κ3) is 3.31. The number of anilines is 2. The zero-order valence-electron chi connectivity index (χ0n) is 9.53. The largest absolute Gasteiger partial charge is 0.481 e. The highest BCUT2D eigenvalue weighted by molar-refractivity contribution is 5.43. The Hall–Kier alpha value is -1.96. The van der Waals surface area contributed by atoms with Crippen molar-refractivity contribution < 1.29 is 4.74 Å². The highest BCUT2D eigenvalue weighted by atomic mass is 16.5. The Morgan fingerprint density at radius 1 is 1.62 bits per heavy atom. The highest BCUT2D eigenvalue weighted by Crippen LogP contribution is 2.16. The summed E-state index contributed by atoms with van der Waals surface area (Å²) in [6.45, 7) is 2.05. The maximum Gasteiger partial charge on any atom is 0.225 e. The molecule has 1 heterocycles. The lowest BCUT2D eigenvalue weighted by atomic mass is 10.1. The average molecular weight is 220 g/mol. The van der Waals surface area contributed by atoms with E-state index >= 15 is 0 Å². The lowest BCUT2D eigenvalue weighted by molar-refractivity contribution is 0.398. The Bertz CT molecular complexity index is 386.